The molecule has 0 radical (unpaired) electrons. The lowest BCUT2D eigenvalue weighted by molar-refractivity contribution is 0.0554. The molecule has 0 aliphatic carbocycles. The molecule has 144 valence electrons. The second-order valence-corrected chi connectivity index (χ2v) is 7.68. The molecule has 2 fully saturated rings. The van der Waals surface area contributed by atoms with Crippen LogP contribution in [-0.4, -0.2) is 66.2 Å². The van der Waals surface area contributed by atoms with Crippen LogP contribution >= 0.6 is 0 Å². The van der Waals surface area contributed by atoms with Gasteiger partial charge in [0.05, 0.1) is 0 Å². The molecular formula is C21H28N4O2. The molecule has 6 nitrogen and oxygen atoms in total. The van der Waals surface area contributed by atoms with Crippen molar-refractivity contribution in [3.05, 3.63) is 47.3 Å². The molecule has 0 N–H and O–H groups in total. The smallest absolute Gasteiger partial charge is 0.276 e. The highest BCUT2D eigenvalue weighted by atomic mass is 16.5. The quantitative estimate of drug-likeness (QED) is 0.834. The second-order valence-electron chi connectivity index (χ2n) is 7.68. The van der Waals surface area contributed by atoms with Crippen molar-refractivity contribution < 1.29 is 9.32 Å². The van der Waals surface area contributed by atoms with Crippen LogP contribution in [0.15, 0.2) is 34.9 Å². The van der Waals surface area contributed by atoms with Crippen molar-refractivity contribution in [3.63, 3.8) is 0 Å². The van der Waals surface area contributed by atoms with Crippen molar-refractivity contribution >= 4 is 11.6 Å². The lowest BCUT2D eigenvalue weighted by atomic mass is 10.0. The predicted molar refractivity (Wildman–Crippen MR) is 105 cm³/mol. The fourth-order valence-electron chi connectivity index (χ4n) is 4.31. The van der Waals surface area contributed by atoms with E-state index in [1.807, 2.05) is 11.8 Å². The number of carbonyl (C=O) groups excluding carboxylic acids is 1. The van der Waals surface area contributed by atoms with Gasteiger partial charge < -0.3 is 14.3 Å². The molecule has 6 heteroatoms. The van der Waals surface area contributed by atoms with Gasteiger partial charge in [-0.15, -0.1) is 0 Å². The molecule has 3 heterocycles. The maximum Gasteiger partial charge on any atom is 0.276 e. The second kappa shape index (κ2) is 7.72. The maximum atomic E-state index is 12.7. The molecule has 1 aromatic carbocycles. The van der Waals surface area contributed by atoms with E-state index in [4.69, 9.17) is 4.52 Å². The average molecular weight is 368 g/mol. The number of para-hydroxylation sites is 1. The van der Waals surface area contributed by atoms with Crippen LogP contribution in [0.5, 0.6) is 0 Å². The summed E-state index contributed by atoms with van der Waals surface area (Å²) < 4.78 is 5.07. The SMILES string of the molecule is Cc1cc(C(=O)N2CCC[C@@H](N3CCN(c4ccccc4C)CC3)C2)no1. The van der Waals surface area contributed by atoms with Crippen molar-refractivity contribution in [2.24, 2.45) is 0 Å². The summed E-state index contributed by atoms with van der Waals surface area (Å²) in [6.45, 7) is 9.76. The van der Waals surface area contributed by atoms with E-state index in [0.29, 0.717) is 17.5 Å². The minimum atomic E-state index is -0.00454. The van der Waals surface area contributed by atoms with Crippen LogP contribution in [-0.2, 0) is 0 Å². The largest absolute Gasteiger partial charge is 0.369 e. The number of piperazine rings is 1. The number of rotatable bonds is 3. The van der Waals surface area contributed by atoms with Crippen molar-refractivity contribution in [2.45, 2.75) is 32.7 Å². The Balaban J connectivity index is 1.36. The molecule has 1 atom stereocenters. The van der Waals surface area contributed by atoms with Gasteiger partial charge in [0.25, 0.3) is 5.91 Å². The molecule has 2 saturated heterocycles. The van der Waals surface area contributed by atoms with Crippen molar-refractivity contribution in [1.82, 2.24) is 15.0 Å². The Morgan fingerprint density at radius 3 is 2.59 bits per heavy atom. The van der Waals surface area contributed by atoms with Gasteiger partial charge in [0, 0.05) is 57.1 Å². The van der Waals surface area contributed by atoms with Crippen LogP contribution < -0.4 is 4.90 Å². The third-order valence-corrected chi connectivity index (χ3v) is 5.82. The van der Waals surface area contributed by atoms with Gasteiger partial charge in [-0.1, -0.05) is 23.4 Å². The predicted octanol–water partition coefficient (Wildman–Crippen LogP) is 2.72. The fraction of sp³-hybridized carbons (Fsp3) is 0.524. The zero-order chi connectivity index (χ0) is 18.8. The van der Waals surface area contributed by atoms with Crippen LogP contribution in [0.25, 0.3) is 0 Å². The van der Waals surface area contributed by atoms with Gasteiger partial charge in [0.2, 0.25) is 0 Å². The number of piperidine rings is 1. The van der Waals surface area contributed by atoms with Gasteiger partial charge in [-0.25, -0.2) is 0 Å². The summed E-state index contributed by atoms with van der Waals surface area (Å²) in [5, 5.41) is 3.89. The summed E-state index contributed by atoms with van der Waals surface area (Å²) in [7, 11) is 0. The summed E-state index contributed by atoms with van der Waals surface area (Å²) in [6, 6.07) is 10.8. The third kappa shape index (κ3) is 3.86. The summed E-state index contributed by atoms with van der Waals surface area (Å²) >= 11 is 0. The van der Waals surface area contributed by atoms with E-state index in [2.05, 4.69) is 46.1 Å². The molecule has 0 unspecified atom stereocenters. The first-order valence-corrected chi connectivity index (χ1v) is 9.89. The Labute approximate surface area is 160 Å². The molecule has 0 bridgehead atoms. The van der Waals surface area contributed by atoms with Crippen LogP contribution in [0, 0.1) is 13.8 Å². The first kappa shape index (κ1) is 18.0. The van der Waals surface area contributed by atoms with Crippen LogP contribution in [0.1, 0.15) is 34.7 Å². The van der Waals surface area contributed by atoms with E-state index in [1.54, 1.807) is 6.07 Å². The van der Waals surface area contributed by atoms with Gasteiger partial charge in [-0.05, 0) is 38.3 Å². The first-order chi connectivity index (χ1) is 13.1. The van der Waals surface area contributed by atoms with E-state index < -0.39 is 0 Å². The van der Waals surface area contributed by atoms with Crippen molar-refractivity contribution in [3.8, 4) is 0 Å². The number of benzene rings is 1. The summed E-state index contributed by atoms with van der Waals surface area (Å²) in [5.41, 5.74) is 3.11. The number of aryl methyl sites for hydroxylation is 2. The lowest BCUT2D eigenvalue weighted by Crippen LogP contribution is -2.56. The number of amides is 1. The van der Waals surface area contributed by atoms with E-state index in [0.717, 1.165) is 52.1 Å². The molecular weight excluding hydrogens is 340 g/mol. The number of carbonyl (C=O) groups is 1. The minimum Gasteiger partial charge on any atom is -0.369 e. The maximum absolute atomic E-state index is 12.7. The van der Waals surface area contributed by atoms with E-state index >= 15 is 0 Å². The monoisotopic (exact) mass is 368 g/mol. The van der Waals surface area contributed by atoms with E-state index in [9.17, 15) is 4.79 Å². The summed E-state index contributed by atoms with van der Waals surface area (Å²) in [5.74, 6) is 0.675. The Kier molecular flexibility index (Phi) is 5.16. The van der Waals surface area contributed by atoms with E-state index in [1.165, 1.54) is 11.3 Å². The molecule has 2 aliphatic rings. The highest BCUT2D eigenvalue weighted by molar-refractivity contribution is 5.92. The number of likely N-dealkylation sites (tertiary alicyclic amines) is 1. The zero-order valence-corrected chi connectivity index (χ0v) is 16.2. The van der Waals surface area contributed by atoms with Crippen LogP contribution in [0.3, 0.4) is 0 Å². The topological polar surface area (TPSA) is 52.8 Å². The Bertz CT molecular complexity index is 795. The molecule has 0 spiro atoms. The molecule has 2 aliphatic heterocycles. The van der Waals surface area contributed by atoms with Crippen LogP contribution in [0.4, 0.5) is 5.69 Å². The van der Waals surface area contributed by atoms with E-state index in [-0.39, 0.29) is 5.91 Å². The average Bonchev–Trinajstić information content (AvgIpc) is 3.14. The van der Waals surface area contributed by atoms with Gasteiger partial charge in [-0.3, -0.25) is 9.69 Å². The highest BCUT2D eigenvalue weighted by Gasteiger charge is 2.31. The normalized spacial score (nSPS) is 21.5. The van der Waals surface area contributed by atoms with Gasteiger partial charge in [0.15, 0.2) is 5.69 Å². The van der Waals surface area contributed by atoms with Gasteiger partial charge in [0.1, 0.15) is 5.76 Å². The Hall–Kier alpha value is -2.34. The Morgan fingerprint density at radius 2 is 1.89 bits per heavy atom. The highest BCUT2D eigenvalue weighted by Crippen LogP contribution is 2.24. The number of anilines is 1. The third-order valence-electron chi connectivity index (χ3n) is 5.82. The number of nitrogens with zero attached hydrogens (tertiary/aromatic N) is 4. The number of hydrogen-bond acceptors (Lipinski definition) is 5. The van der Waals surface area contributed by atoms with Crippen molar-refractivity contribution in [2.75, 3.05) is 44.2 Å². The molecule has 1 aromatic heterocycles. The molecule has 27 heavy (non-hydrogen) atoms. The number of hydrogen-bond donors (Lipinski definition) is 0. The van der Waals surface area contributed by atoms with Crippen LogP contribution in [0.2, 0.25) is 0 Å². The van der Waals surface area contributed by atoms with Gasteiger partial charge in [-0.2, -0.15) is 0 Å². The summed E-state index contributed by atoms with van der Waals surface area (Å²) in [6.07, 6.45) is 2.21. The summed E-state index contributed by atoms with van der Waals surface area (Å²) in [4.78, 5) is 19.7. The molecule has 2 aromatic rings. The fourth-order valence-corrected chi connectivity index (χ4v) is 4.31. The zero-order valence-electron chi connectivity index (χ0n) is 16.2. The van der Waals surface area contributed by atoms with Crippen molar-refractivity contribution in [1.29, 1.82) is 0 Å². The lowest BCUT2D eigenvalue weighted by Gasteiger charge is -2.44. The molecule has 1 amide bonds. The van der Waals surface area contributed by atoms with Gasteiger partial charge >= 0.3 is 0 Å². The standard InChI is InChI=1S/C21H28N4O2/c1-16-6-3-4-8-20(16)24-12-10-23(11-13-24)18-7-5-9-25(15-18)21(26)19-14-17(2)27-22-19/h3-4,6,8,14,18H,5,7,9-13,15H2,1-2H3/t18-/m1/s1. The number of aromatic nitrogens is 1. The first-order valence-electron chi connectivity index (χ1n) is 9.89. The Morgan fingerprint density at radius 1 is 1.11 bits per heavy atom. The molecule has 0 saturated carbocycles. The molecule has 4 rings (SSSR count). The minimum absolute atomic E-state index is 0.00454.